The third-order valence-electron chi connectivity index (χ3n) is 3.61. The summed E-state index contributed by atoms with van der Waals surface area (Å²) < 4.78 is 0. The molecule has 18 heavy (non-hydrogen) atoms. The number of aromatic hydroxyl groups is 1. The van der Waals surface area contributed by atoms with Crippen LogP contribution in [0.25, 0.3) is 10.8 Å². The molecule has 2 aromatic carbocycles. The van der Waals surface area contributed by atoms with Crippen molar-refractivity contribution in [3.63, 3.8) is 0 Å². The summed E-state index contributed by atoms with van der Waals surface area (Å²) in [6, 6.07) is 12.4. The zero-order valence-corrected chi connectivity index (χ0v) is 11.4. The molecule has 0 aliphatic carbocycles. The Labute approximate surface area is 109 Å². The van der Waals surface area contributed by atoms with Gasteiger partial charge in [-0.2, -0.15) is 0 Å². The van der Waals surface area contributed by atoms with E-state index >= 15 is 0 Å². The van der Waals surface area contributed by atoms with Crippen molar-refractivity contribution in [2.45, 2.75) is 26.3 Å². The molecule has 2 heteroatoms. The molecular formula is C16H21NO. The van der Waals surface area contributed by atoms with Gasteiger partial charge in [-0.15, -0.1) is 0 Å². The molecule has 0 heterocycles. The van der Waals surface area contributed by atoms with Gasteiger partial charge in [0.05, 0.1) is 0 Å². The summed E-state index contributed by atoms with van der Waals surface area (Å²) in [5, 5.41) is 12.0. The van der Waals surface area contributed by atoms with Crippen LogP contribution in [0, 0.1) is 0 Å². The lowest BCUT2D eigenvalue weighted by molar-refractivity contribution is 0.278. The van der Waals surface area contributed by atoms with E-state index in [4.69, 9.17) is 0 Å². The van der Waals surface area contributed by atoms with Crippen LogP contribution in [0.3, 0.4) is 0 Å². The van der Waals surface area contributed by atoms with E-state index in [0.717, 1.165) is 23.7 Å². The number of nitrogens with zero attached hydrogens (tertiary/aromatic N) is 1. The monoisotopic (exact) mass is 243 g/mol. The van der Waals surface area contributed by atoms with E-state index < -0.39 is 0 Å². The Hall–Kier alpha value is -1.54. The van der Waals surface area contributed by atoms with E-state index in [1.54, 1.807) is 6.07 Å². The fourth-order valence-electron chi connectivity index (χ4n) is 2.12. The number of rotatable bonds is 4. The minimum Gasteiger partial charge on any atom is -0.507 e. The zero-order chi connectivity index (χ0) is 13.1. The molecule has 0 bridgehead atoms. The van der Waals surface area contributed by atoms with E-state index in [1.165, 1.54) is 5.56 Å². The first-order chi connectivity index (χ1) is 8.59. The second kappa shape index (κ2) is 5.40. The molecule has 0 aliphatic heterocycles. The Bertz CT molecular complexity index is 534. The van der Waals surface area contributed by atoms with Crippen molar-refractivity contribution < 1.29 is 5.11 Å². The van der Waals surface area contributed by atoms with E-state index in [-0.39, 0.29) is 0 Å². The summed E-state index contributed by atoms with van der Waals surface area (Å²) in [4.78, 5) is 2.33. The Morgan fingerprint density at radius 2 is 1.72 bits per heavy atom. The maximum Gasteiger partial charge on any atom is 0.123 e. The molecular weight excluding hydrogens is 222 g/mol. The van der Waals surface area contributed by atoms with Crippen LogP contribution in [-0.4, -0.2) is 29.6 Å². The standard InChI is InChI=1S/C16H21NO/c1-12(2)17(3)11-10-13-8-9-16(18)15-7-5-4-6-14(13)15/h4-9,12,18H,10-11H2,1-3H3. The Balaban J connectivity index is 2.26. The van der Waals surface area contributed by atoms with Gasteiger partial charge in [0.2, 0.25) is 0 Å². The lowest BCUT2D eigenvalue weighted by Gasteiger charge is -2.21. The predicted octanol–water partition coefficient (Wildman–Crippen LogP) is 3.43. The van der Waals surface area contributed by atoms with Gasteiger partial charge >= 0.3 is 0 Å². The quantitative estimate of drug-likeness (QED) is 0.889. The first kappa shape index (κ1) is 12.9. The predicted molar refractivity (Wildman–Crippen MR) is 77.1 cm³/mol. The molecule has 0 unspecified atom stereocenters. The molecule has 0 saturated heterocycles. The minimum atomic E-state index is 0.367. The van der Waals surface area contributed by atoms with Crippen molar-refractivity contribution in [3.05, 3.63) is 42.0 Å². The molecule has 0 atom stereocenters. The van der Waals surface area contributed by atoms with E-state index in [9.17, 15) is 5.11 Å². The molecule has 0 amide bonds. The van der Waals surface area contributed by atoms with Crippen molar-refractivity contribution in [3.8, 4) is 5.75 Å². The number of benzene rings is 2. The van der Waals surface area contributed by atoms with Gasteiger partial charge in [0, 0.05) is 18.0 Å². The van der Waals surface area contributed by atoms with Crippen LogP contribution in [0.5, 0.6) is 5.75 Å². The molecule has 2 aromatic rings. The van der Waals surface area contributed by atoms with Crippen LogP contribution < -0.4 is 0 Å². The molecule has 2 rings (SSSR count). The van der Waals surface area contributed by atoms with Crippen LogP contribution in [0.1, 0.15) is 19.4 Å². The summed E-state index contributed by atoms with van der Waals surface area (Å²) in [5.41, 5.74) is 1.30. The van der Waals surface area contributed by atoms with Crippen molar-refractivity contribution in [2.75, 3.05) is 13.6 Å². The van der Waals surface area contributed by atoms with E-state index in [0.29, 0.717) is 11.8 Å². The zero-order valence-electron chi connectivity index (χ0n) is 11.4. The number of phenols is 1. The van der Waals surface area contributed by atoms with Crippen LogP contribution in [0.4, 0.5) is 0 Å². The molecule has 0 spiro atoms. The number of phenolic OH excluding ortho intramolecular Hbond substituents is 1. The van der Waals surface area contributed by atoms with Crippen LogP contribution in [-0.2, 0) is 6.42 Å². The summed E-state index contributed by atoms with van der Waals surface area (Å²) in [6.45, 7) is 5.44. The van der Waals surface area contributed by atoms with Gasteiger partial charge in [0.25, 0.3) is 0 Å². The van der Waals surface area contributed by atoms with E-state index in [2.05, 4.69) is 31.9 Å². The average Bonchev–Trinajstić information content (AvgIpc) is 2.38. The maximum atomic E-state index is 9.85. The molecule has 96 valence electrons. The van der Waals surface area contributed by atoms with Crippen molar-refractivity contribution in [1.29, 1.82) is 0 Å². The molecule has 0 saturated carbocycles. The van der Waals surface area contributed by atoms with Gasteiger partial charge in [-0.1, -0.05) is 30.3 Å². The van der Waals surface area contributed by atoms with Gasteiger partial charge in [-0.3, -0.25) is 0 Å². The molecule has 0 fully saturated rings. The van der Waals surface area contributed by atoms with Crippen LogP contribution in [0.15, 0.2) is 36.4 Å². The highest BCUT2D eigenvalue weighted by molar-refractivity contribution is 5.90. The summed E-state index contributed by atoms with van der Waals surface area (Å²) in [7, 11) is 2.15. The Morgan fingerprint density at radius 3 is 2.39 bits per heavy atom. The first-order valence-electron chi connectivity index (χ1n) is 6.49. The minimum absolute atomic E-state index is 0.367. The molecule has 0 radical (unpaired) electrons. The molecule has 0 aromatic heterocycles. The van der Waals surface area contributed by atoms with Crippen molar-refractivity contribution in [1.82, 2.24) is 4.90 Å². The fraction of sp³-hybridized carbons (Fsp3) is 0.375. The Morgan fingerprint density at radius 1 is 1.06 bits per heavy atom. The number of fused-ring (bicyclic) bond motifs is 1. The summed E-state index contributed by atoms with van der Waals surface area (Å²) in [6.07, 6.45) is 1.01. The van der Waals surface area contributed by atoms with Gasteiger partial charge in [0.15, 0.2) is 0 Å². The first-order valence-corrected chi connectivity index (χ1v) is 6.49. The van der Waals surface area contributed by atoms with Crippen LogP contribution >= 0.6 is 0 Å². The number of likely N-dealkylation sites (N-methyl/N-ethyl adjacent to an activating group) is 1. The lowest BCUT2D eigenvalue weighted by Crippen LogP contribution is -2.28. The third-order valence-corrected chi connectivity index (χ3v) is 3.61. The molecule has 2 nitrogen and oxygen atoms in total. The fourth-order valence-corrected chi connectivity index (χ4v) is 2.12. The maximum absolute atomic E-state index is 9.85. The second-order valence-corrected chi connectivity index (χ2v) is 5.11. The SMILES string of the molecule is CC(C)N(C)CCc1ccc(O)c2ccccc12. The smallest absolute Gasteiger partial charge is 0.123 e. The third kappa shape index (κ3) is 2.65. The van der Waals surface area contributed by atoms with Crippen molar-refractivity contribution >= 4 is 10.8 Å². The number of hydrogen-bond acceptors (Lipinski definition) is 2. The Kier molecular flexibility index (Phi) is 3.87. The van der Waals surface area contributed by atoms with Gasteiger partial charge in [-0.05, 0) is 44.3 Å². The summed E-state index contributed by atoms with van der Waals surface area (Å²) in [5.74, 6) is 0.367. The van der Waals surface area contributed by atoms with Crippen molar-refractivity contribution in [2.24, 2.45) is 0 Å². The topological polar surface area (TPSA) is 23.5 Å². The van der Waals surface area contributed by atoms with Gasteiger partial charge in [-0.25, -0.2) is 0 Å². The highest BCUT2D eigenvalue weighted by Crippen LogP contribution is 2.27. The lowest BCUT2D eigenvalue weighted by atomic mass is 10.0. The van der Waals surface area contributed by atoms with Crippen LogP contribution in [0.2, 0.25) is 0 Å². The van der Waals surface area contributed by atoms with E-state index in [1.807, 2.05) is 24.3 Å². The highest BCUT2D eigenvalue weighted by Gasteiger charge is 2.07. The van der Waals surface area contributed by atoms with Gasteiger partial charge < -0.3 is 10.0 Å². The summed E-state index contributed by atoms with van der Waals surface area (Å²) >= 11 is 0. The normalized spacial score (nSPS) is 11.6. The second-order valence-electron chi connectivity index (χ2n) is 5.11. The van der Waals surface area contributed by atoms with Gasteiger partial charge in [0.1, 0.15) is 5.75 Å². The molecule has 0 aliphatic rings. The highest BCUT2D eigenvalue weighted by atomic mass is 16.3. The number of hydrogen-bond donors (Lipinski definition) is 1. The molecule has 1 N–H and O–H groups in total. The average molecular weight is 243 g/mol. The largest absolute Gasteiger partial charge is 0.507 e.